The molecule has 2 saturated heterocycles. The van der Waals surface area contributed by atoms with E-state index in [1.54, 1.807) is 0 Å². The third kappa shape index (κ3) is 4.28. The minimum atomic E-state index is -0.240. The lowest BCUT2D eigenvalue weighted by Crippen LogP contribution is -2.52. The van der Waals surface area contributed by atoms with Crippen molar-refractivity contribution in [3.05, 3.63) is 29.8 Å². The summed E-state index contributed by atoms with van der Waals surface area (Å²) in [7, 11) is 2.17. The number of aliphatic hydroxyl groups excluding tert-OH is 1. The quantitative estimate of drug-likeness (QED) is 0.838. The number of hydrogen-bond acceptors (Lipinski definition) is 5. The first-order valence-electron chi connectivity index (χ1n) is 9.21. The minimum Gasteiger partial charge on any atom is -0.492 e. The molecular weight excluding hydrogens is 302 g/mol. The number of piperazine rings is 1. The maximum Gasteiger partial charge on any atom is 0.122 e. The zero-order chi connectivity index (χ0) is 16.9. The van der Waals surface area contributed by atoms with Gasteiger partial charge in [0.15, 0.2) is 0 Å². The predicted octanol–water partition coefficient (Wildman–Crippen LogP) is 0.920. The number of ether oxygens (including phenoxy) is 1. The van der Waals surface area contributed by atoms with Crippen molar-refractivity contribution in [2.24, 2.45) is 0 Å². The molecule has 3 rings (SSSR count). The number of β-amino-alcohol motifs (C(OH)–C–C–N with tert-alkyl or cyclic N) is 1. The van der Waals surface area contributed by atoms with Gasteiger partial charge in [0.1, 0.15) is 12.4 Å². The molecule has 1 aromatic carbocycles. The molecular formula is C19H31N3O2. The first-order valence-corrected chi connectivity index (χ1v) is 9.21. The topological polar surface area (TPSA) is 39.2 Å². The molecule has 5 heteroatoms. The van der Waals surface area contributed by atoms with Crippen molar-refractivity contribution >= 4 is 0 Å². The Labute approximate surface area is 145 Å². The van der Waals surface area contributed by atoms with Gasteiger partial charge < -0.3 is 14.7 Å². The molecule has 24 heavy (non-hydrogen) atoms. The number of likely N-dealkylation sites (tertiary alicyclic amines) is 1. The number of aliphatic hydroxyl groups is 1. The normalized spacial score (nSPS) is 26.8. The van der Waals surface area contributed by atoms with Gasteiger partial charge in [0.05, 0.1) is 6.10 Å². The van der Waals surface area contributed by atoms with Crippen LogP contribution in [0.15, 0.2) is 24.3 Å². The number of benzene rings is 1. The van der Waals surface area contributed by atoms with Crippen LogP contribution in [0.2, 0.25) is 0 Å². The predicted molar refractivity (Wildman–Crippen MR) is 96.6 cm³/mol. The van der Waals surface area contributed by atoms with Crippen LogP contribution in [0.4, 0.5) is 0 Å². The lowest BCUT2D eigenvalue weighted by atomic mass is 10.1. The molecule has 2 heterocycles. The van der Waals surface area contributed by atoms with Gasteiger partial charge >= 0.3 is 0 Å². The molecule has 134 valence electrons. The standard InChI is InChI=1S/C19H31N3O2/c1-3-16-6-4-5-7-19(16)24-13-12-21-14-17(18(23)15-21)22-10-8-20(2)9-11-22/h4-7,17-18,23H,3,8-15H2,1-2H3/t17-,18-/m0/s1. The van der Waals surface area contributed by atoms with Gasteiger partial charge in [-0.25, -0.2) is 0 Å². The number of hydrogen-bond donors (Lipinski definition) is 1. The molecule has 2 fully saturated rings. The number of para-hydroxylation sites is 1. The highest BCUT2D eigenvalue weighted by molar-refractivity contribution is 5.33. The Bertz CT molecular complexity index is 517. The summed E-state index contributed by atoms with van der Waals surface area (Å²) >= 11 is 0. The Morgan fingerprint density at radius 2 is 1.88 bits per heavy atom. The van der Waals surface area contributed by atoms with Gasteiger partial charge in [-0.2, -0.15) is 0 Å². The van der Waals surface area contributed by atoms with Crippen molar-refractivity contribution in [2.75, 3.05) is 59.5 Å². The number of likely N-dealkylation sites (N-methyl/N-ethyl adjacent to an activating group) is 1. The van der Waals surface area contributed by atoms with Crippen LogP contribution in [0.5, 0.6) is 5.75 Å². The smallest absolute Gasteiger partial charge is 0.122 e. The largest absolute Gasteiger partial charge is 0.492 e. The lowest BCUT2D eigenvalue weighted by molar-refractivity contribution is 0.0512. The molecule has 5 nitrogen and oxygen atoms in total. The first-order chi connectivity index (χ1) is 11.7. The Morgan fingerprint density at radius 1 is 1.12 bits per heavy atom. The minimum absolute atomic E-state index is 0.240. The number of rotatable bonds is 6. The fourth-order valence-electron chi connectivity index (χ4n) is 3.76. The molecule has 0 aliphatic carbocycles. The van der Waals surface area contributed by atoms with E-state index in [0.29, 0.717) is 6.61 Å². The zero-order valence-electron chi connectivity index (χ0n) is 15.0. The van der Waals surface area contributed by atoms with E-state index in [0.717, 1.165) is 58.0 Å². The summed E-state index contributed by atoms with van der Waals surface area (Å²) in [6.07, 6.45) is 0.751. The van der Waals surface area contributed by atoms with Gasteiger partial charge in [0.2, 0.25) is 0 Å². The lowest BCUT2D eigenvalue weighted by Gasteiger charge is -2.37. The van der Waals surface area contributed by atoms with Crippen LogP contribution in [-0.2, 0) is 6.42 Å². The van der Waals surface area contributed by atoms with E-state index in [9.17, 15) is 5.11 Å². The third-order valence-corrected chi connectivity index (χ3v) is 5.36. The van der Waals surface area contributed by atoms with Crippen molar-refractivity contribution in [1.82, 2.24) is 14.7 Å². The van der Waals surface area contributed by atoms with Crippen LogP contribution >= 0.6 is 0 Å². The SMILES string of the molecule is CCc1ccccc1OCCN1C[C@H](O)[C@@H](N2CCN(C)CC2)C1. The van der Waals surface area contributed by atoms with Crippen molar-refractivity contribution < 1.29 is 9.84 Å². The molecule has 0 amide bonds. The zero-order valence-corrected chi connectivity index (χ0v) is 15.0. The van der Waals surface area contributed by atoms with Crippen LogP contribution in [0.25, 0.3) is 0 Å². The van der Waals surface area contributed by atoms with Gasteiger partial charge in [-0.15, -0.1) is 0 Å². The second-order valence-electron chi connectivity index (χ2n) is 7.04. The maximum absolute atomic E-state index is 10.4. The second-order valence-corrected chi connectivity index (χ2v) is 7.04. The van der Waals surface area contributed by atoms with Gasteiger partial charge in [-0.1, -0.05) is 25.1 Å². The Kier molecular flexibility index (Phi) is 6.11. The summed E-state index contributed by atoms with van der Waals surface area (Å²) in [4.78, 5) is 7.15. The van der Waals surface area contributed by atoms with Crippen LogP contribution < -0.4 is 4.74 Å². The molecule has 0 aromatic heterocycles. The monoisotopic (exact) mass is 333 g/mol. The molecule has 1 N–H and O–H groups in total. The molecule has 0 unspecified atom stereocenters. The molecule has 0 radical (unpaired) electrons. The summed E-state index contributed by atoms with van der Waals surface area (Å²) in [5, 5.41) is 10.4. The van der Waals surface area contributed by atoms with Gasteiger partial charge in [0, 0.05) is 51.9 Å². The molecule has 2 atom stereocenters. The molecule has 0 spiro atoms. The van der Waals surface area contributed by atoms with E-state index >= 15 is 0 Å². The van der Waals surface area contributed by atoms with E-state index in [4.69, 9.17) is 4.74 Å². The summed E-state index contributed by atoms with van der Waals surface area (Å²) in [6, 6.07) is 8.53. The van der Waals surface area contributed by atoms with E-state index < -0.39 is 0 Å². The van der Waals surface area contributed by atoms with Crippen LogP contribution in [0.1, 0.15) is 12.5 Å². The highest BCUT2D eigenvalue weighted by Crippen LogP contribution is 2.20. The number of nitrogens with zero attached hydrogens (tertiary/aromatic N) is 3. The molecule has 0 bridgehead atoms. The third-order valence-electron chi connectivity index (χ3n) is 5.36. The highest BCUT2D eigenvalue weighted by Gasteiger charge is 2.36. The first kappa shape index (κ1) is 17.7. The fraction of sp³-hybridized carbons (Fsp3) is 0.684. The van der Waals surface area contributed by atoms with E-state index in [-0.39, 0.29) is 12.1 Å². The molecule has 2 aliphatic rings. The van der Waals surface area contributed by atoms with Gasteiger partial charge in [-0.3, -0.25) is 9.80 Å². The van der Waals surface area contributed by atoms with Crippen LogP contribution in [0.3, 0.4) is 0 Å². The average molecular weight is 333 g/mol. The Hall–Kier alpha value is -1.14. The van der Waals surface area contributed by atoms with Crippen LogP contribution in [0, 0.1) is 0 Å². The van der Waals surface area contributed by atoms with Crippen molar-refractivity contribution in [1.29, 1.82) is 0 Å². The van der Waals surface area contributed by atoms with E-state index in [1.165, 1.54) is 5.56 Å². The maximum atomic E-state index is 10.4. The Balaban J connectivity index is 1.45. The summed E-state index contributed by atoms with van der Waals surface area (Å²) < 4.78 is 5.98. The Morgan fingerprint density at radius 3 is 2.62 bits per heavy atom. The fourth-order valence-corrected chi connectivity index (χ4v) is 3.76. The number of aryl methyl sites for hydroxylation is 1. The highest BCUT2D eigenvalue weighted by atomic mass is 16.5. The average Bonchev–Trinajstić information content (AvgIpc) is 2.97. The molecule has 2 aliphatic heterocycles. The van der Waals surface area contributed by atoms with E-state index in [1.807, 2.05) is 12.1 Å². The summed E-state index contributed by atoms with van der Waals surface area (Å²) in [5.41, 5.74) is 1.26. The van der Waals surface area contributed by atoms with Crippen molar-refractivity contribution in [2.45, 2.75) is 25.5 Å². The molecule has 0 saturated carbocycles. The van der Waals surface area contributed by atoms with E-state index in [2.05, 4.69) is 40.8 Å². The van der Waals surface area contributed by atoms with Crippen molar-refractivity contribution in [3.63, 3.8) is 0 Å². The van der Waals surface area contributed by atoms with Crippen LogP contribution in [-0.4, -0.2) is 91.4 Å². The second kappa shape index (κ2) is 8.30. The molecule has 1 aromatic rings. The summed E-state index contributed by atoms with van der Waals surface area (Å²) in [5.74, 6) is 0.996. The van der Waals surface area contributed by atoms with Gasteiger partial charge in [0.25, 0.3) is 0 Å². The van der Waals surface area contributed by atoms with Gasteiger partial charge in [-0.05, 0) is 25.1 Å². The summed E-state index contributed by atoms with van der Waals surface area (Å²) in [6.45, 7) is 9.73. The van der Waals surface area contributed by atoms with Crippen molar-refractivity contribution in [3.8, 4) is 5.75 Å².